The van der Waals surface area contributed by atoms with Gasteiger partial charge in [0.15, 0.2) is 5.82 Å². The number of aromatic nitrogens is 6. The van der Waals surface area contributed by atoms with Crippen LogP contribution in [0, 0.1) is 5.82 Å². The van der Waals surface area contributed by atoms with Gasteiger partial charge in [0.2, 0.25) is 0 Å². The predicted octanol–water partition coefficient (Wildman–Crippen LogP) is 3.73. The number of halogens is 1. The topological polar surface area (TPSA) is 99.0 Å². The Hall–Kier alpha value is -4.31. The number of anilines is 1. The molecule has 0 spiro atoms. The molecule has 4 aromatic heterocycles. The van der Waals surface area contributed by atoms with Crippen LogP contribution in [0.25, 0.3) is 33.7 Å². The Bertz CT molecular complexity index is 1650. The summed E-state index contributed by atoms with van der Waals surface area (Å²) in [4.78, 5) is 21.9. The van der Waals surface area contributed by atoms with Crippen LogP contribution in [0.5, 0.6) is 5.75 Å². The van der Waals surface area contributed by atoms with Crippen molar-refractivity contribution in [3.05, 3.63) is 72.5 Å². The van der Waals surface area contributed by atoms with Gasteiger partial charge in [0.1, 0.15) is 23.0 Å². The second-order valence-corrected chi connectivity index (χ2v) is 9.75. The number of nitrogens with one attached hydrogen (secondary N) is 1. The Labute approximate surface area is 213 Å². The number of phenols is 1. The van der Waals surface area contributed by atoms with Crippen LogP contribution in [-0.2, 0) is 13.6 Å². The Morgan fingerprint density at radius 1 is 1.14 bits per heavy atom. The summed E-state index contributed by atoms with van der Waals surface area (Å²) in [5.74, 6) is 1.22. The predicted molar refractivity (Wildman–Crippen MR) is 137 cm³/mol. The lowest BCUT2D eigenvalue weighted by atomic mass is 9.86. The highest BCUT2D eigenvalue weighted by Gasteiger charge is 2.44. The molecule has 0 amide bonds. The van der Waals surface area contributed by atoms with Gasteiger partial charge in [-0.3, -0.25) is 9.58 Å². The van der Waals surface area contributed by atoms with Crippen LogP contribution in [0.2, 0.25) is 0 Å². The van der Waals surface area contributed by atoms with Gasteiger partial charge in [-0.1, -0.05) is 0 Å². The Kier molecular flexibility index (Phi) is 4.72. The second-order valence-electron chi connectivity index (χ2n) is 9.75. The fraction of sp³-hybridized carbons (Fsp3) is 0.259. The summed E-state index contributed by atoms with van der Waals surface area (Å²) in [6.45, 7) is 2.17. The molecular weight excluding hydrogens is 471 g/mol. The van der Waals surface area contributed by atoms with Crippen LogP contribution in [0.1, 0.15) is 13.4 Å². The van der Waals surface area contributed by atoms with Crippen LogP contribution < -0.4 is 4.90 Å². The minimum Gasteiger partial charge on any atom is -0.508 e. The molecule has 0 radical (unpaired) electrons. The number of aromatic hydroxyl groups is 1. The van der Waals surface area contributed by atoms with Crippen LogP contribution in [-0.4, -0.2) is 64.9 Å². The van der Waals surface area contributed by atoms with E-state index < -0.39 is 0 Å². The Morgan fingerprint density at radius 2 is 2.00 bits per heavy atom. The normalized spacial score (nSPS) is 19.7. The van der Waals surface area contributed by atoms with Crippen molar-refractivity contribution in [2.45, 2.75) is 25.0 Å². The van der Waals surface area contributed by atoms with Gasteiger partial charge >= 0.3 is 0 Å². The van der Waals surface area contributed by atoms with Crippen molar-refractivity contribution in [2.24, 2.45) is 7.05 Å². The number of hydrogen-bond donors (Lipinski definition) is 2. The van der Waals surface area contributed by atoms with Crippen molar-refractivity contribution >= 4 is 16.9 Å². The third-order valence-corrected chi connectivity index (χ3v) is 7.38. The fourth-order valence-corrected chi connectivity index (χ4v) is 5.48. The average molecular weight is 498 g/mol. The first kappa shape index (κ1) is 20.8. The van der Waals surface area contributed by atoms with E-state index in [-0.39, 0.29) is 11.6 Å². The van der Waals surface area contributed by atoms with Gasteiger partial charge in [-0.05, 0) is 42.8 Å². The molecular formula is C27H25FN8O. The van der Waals surface area contributed by atoms with Crippen molar-refractivity contribution < 1.29 is 10.9 Å². The Morgan fingerprint density at radius 3 is 2.76 bits per heavy atom. The number of H-pyrrole nitrogens is 1. The van der Waals surface area contributed by atoms with Gasteiger partial charge in [0, 0.05) is 73.9 Å². The number of aryl methyl sites for hydroxylation is 1. The fourth-order valence-electron chi connectivity index (χ4n) is 5.48. The quantitative estimate of drug-likeness (QED) is 0.382. The third-order valence-electron chi connectivity index (χ3n) is 7.38. The lowest BCUT2D eigenvalue weighted by Gasteiger charge is -2.56. The number of aromatic amines is 1. The molecule has 9 nitrogen and oxygen atoms in total. The van der Waals surface area contributed by atoms with Gasteiger partial charge in [-0.25, -0.2) is 19.3 Å². The third kappa shape index (κ3) is 3.80. The summed E-state index contributed by atoms with van der Waals surface area (Å²) in [5.41, 5.74) is 3.48. The zero-order valence-electron chi connectivity index (χ0n) is 21.1. The van der Waals surface area contributed by atoms with Crippen LogP contribution in [0.3, 0.4) is 0 Å². The number of fused-ring (bicyclic) bond motifs is 3. The van der Waals surface area contributed by atoms with Gasteiger partial charge in [0.05, 0.1) is 18.8 Å². The van der Waals surface area contributed by atoms with E-state index in [2.05, 4.69) is 24.9 Å². The zero-order chi connectivity index (χ0) is 26.0. The molecule has 5 aromatic rings. The second kappa shape index (κ2) is 8.38. The number of benzene rings is 1. The van der Waals surface area contributed by atoms with Crippen LogP contribution in [0.15, 0.2) is 61.2 Å². The highest BCUT2D eigenvalue weighted by Crippen LogP contribution is 2.37. The van der Waals surface area contributed by atoms with E-state index in [1.54, 1.807) is 23.3 Å². The summed E-state index contributed by atoms with van der Waals surface area (Å²) < 4.78 is 23.8. The first-order valence-corrected chi connectivity index (χ1v) is 12.2. The molecule has 0 aliphatic carbocycles. The molecule has 2 atom stereocenters. The minimum atomic E-state index is -0.333. The smallest absolute Gasteiger partial charge is 0.165 e. The summed E-state index contributed by atoms with van der Waals surface area (Å²) in [5, 5.41) is 15.0. The maximum Gasteiger partial charge on any atom is 0.165 e. The molecule has 3 aliphatic heterocycles. The number of nitrogens with zero attached hydrogens (tertiary/aromatic N) is 7. The van der Waals surface area contributed by atoms with Gasteiger partial charge < -0.3 is 15.0 Å². The highest BCUT2D eigenvalue weighted by atomic mass is 19.1. The average Bonchev–Trinajstić information content (AvgIpc) is 3.54. The van der Waals surface area contributed by atoms with Gasteiger partial charge in [-0.15, -0.1) is 0 Å². The number of piperazine rings is 1. The molecule has 186 valence electrons. The van der Waals surface area contributed by atoms with Crippen molar-refractivity contribution in [1.82, 2.24) is 34.6 Å². The SMILES string of the molecule is [2H]c1c[nH]c2nc(-c3cnn(C)c3)nc(-c3ccc(N4CC5CC(C4)N5Cc4cc(F)ccc4O)nc3)c12. The van der Waals surface area contributed by atoms with E-state index in [9.17, 15) is 9.50 Å². The Balaban J connectivity index is 1.13. The maximum absolute atomic E-state index is 13.7. The summed E-state index contributed by atoms with van der Waals surface area (Å²) in [7, 11) is 1.84. The highest BCUT2D eigenvalue weighted by molar-refractivity contribution is 5.92. The lowest BCUT2D eigenvalue weighted by molar-refractivity contribution is -0.00921. The molecule has 10 heteroatoms. The van der Waals surface area contributed by atoms with E-state index >= 15 is 0 Å². The van der Waals surface area contributed by atoms with Crippen molar-refractivity contribution in [2.75, 3.05) is 18.0 Å². The van der Waals surface area contributed by atoms with E-state index in [4.69, 9.17) is 11.3 Å². The molecule has 0 saturated carbocycles. The molecule has 3 aliphatic rings. The van der Waals surface area contributed by atoms with Crippen LogP contribution >= 0.6 is 0 Å². The van der Waals surface area contributed by atoms with E-state index in [0.717, 1.165) is 36.5 Å². The summed E-state index contributed by atoms with van der Waals surface area (Å²) in [6.07, 6.45) is 8.09. The van der Waals surface area contributed by atoms with E-state index in [1.165, 1.54) is 18.2 Å². The standard InChI is InChI=1S/C27H25FN8O/c1-34-12-18(11-31-34)26-32-25(22-6-7-29-27(22)33-26)16-2-5-24(30-10-16)35-14-20-9-21(15-35)36(20)13-17-8-19(28)3-4-23(17)37/h2-8,10-12,20-21,37H,9,13-15H2,1H3,(H,29,32,33)/i6D. The first-order chi connectivity index (χ1) is 18.4. The summed E-state index contributed by atoms with van der Waals surface area (Å²) in [6, 6.07) is 9.08. The number of piperidine rings is 1. The molecule has 2 unspecified atom stereocenters. The molecule has 8 rings (SSSR count). The minimum absolute atomic E-state index is 0.134. The maximum atomic E-state index is 13.7. The molecule has 3 fully saturated rings. The van der Waals surface area contributed by atoms with E-state index in [1.807, 2.05) is 25.4 Å². The molecule has 2 bridgehead atoms. The first-order valence-electron chi connectivity index (χ1n) is 12.7. The monoisotopic (exact) mass is 497 g/mol. The lowest BCUT2D eigenvalue weighted by Crippen LogP contribution is -2.68. The van der Waals surface area contributed by atoms with Crippen molar-refractivity contribution in [3.63, 3.8) is 0 Å². The number of hydrogen-bond acceptors (Lipinski definition) is 7. The molecule has 2 N–H and O–H groups in total. The van der Waals surface area contributed by atoms with Gasteiger partial charge in [0.25, 0.3) is 0 Å². The van der Waals surface area contributed by atoms with Crippen molar-refractivity contribution in [1.29, 1.82) is 0 Å². The zero-order valence-corrected chi connectivity index (χ0v) is 20.1. The summed E-state index contributed by atoms with van der Waals surface area (Å²) >= 11 is 0. The number of pyridine rings is 1. The number of rotatable bonds is 5. The molecule has 3 saturated heterocycles. The van der Waals surface area contributed by atoms with Crippen molar-refractivity contribution in [3.8, 4) is 28.4 Å². The molecule has 37 heavy (non-hydrogen) atoms. The van der Waals surface area contributed by atoms with E-state index in [0.29, 0.717) is 52.8 Å². The van der Waals surface area contributed by atoms with Crippen LogP contribution in [0.4, 0.5) is 10.2 Å². The molecule has 7 heterocycles. The number of phenolic OH excluding ortho intramolecular Hbond substituents is 1. The largest absolute Gasteiger partial charge is 0.508 e. The molecule has 1 aromatic carbocycles. The van der Waals surface area contributed by atoms with Gasteiger partial charge in [-0.2, -0.15) is 5.10 Å².